The van der Waals surface area contributed by atoms with E-state index in [1.54, 1.807) is 14.2 Å². The zero-order valence-corrected chi connectivity index (χ0v) is 24.6. The van der Waals surface area contributed by atoms with Crippen LogP contribution in [0.1, 0.15) is 31.5 Å². The van der Waals surface area contributed by atoms with Crippen molar-refractivity contribution in [2.45, 2.75) is 0 Å². The lowest BCUT2D eigenvalue weighted by atomic mass is 10.4. The average Bonchev–Trinajstić information content (AvgIpc) is 3.02. The third-order valence-electron chi connectivity index (χ3n) is 4.29. The lowest BCUT2D eigenvalue weighted by Gasteiger charge is -2.05. The number of carbonyl (C=O) groups is 3. The average molecular weight is 627 g/mol. The number of methoxy groups -OCH3 is 4. The Kier molecular flexibility index (Phi) is 18.7. The molecule has 234 valence electrons. The van der Waals surface area contributed by atoms with Gasteiger partial charge in [-0.05, 0) is 0 Å². The van der Waals surface area contributed by atoms with Crippen LogP contribution in [0.5, 0.6) is 11.8 Å². The van der Waals surface area contributed by atoms with E-state index in [1.807, 2.05) is 0 Å². The van der Waals surface area contributed by atoms with Crippen LogP contribution in [-0.4, -0.2) is 121 Å². The van der Waals surface area contributed by atoms with E-state index >= 15 is 0 Å². The molecule has 18 heteroatoms. The van der Waals surface area contributed by atoms with Gasteiger partial charge in [0.05, 0.1) is 64.1 Å². The second-order valence-electron chi connectivity index (χ2n) is 7.31. The number of nitrogens with zero attached hydrogens (tertiary/aromatic N) is 6. The number of ether oxygens (including phenoxy) is 7. The van der Waals surface area contributed by atoms with Crippen LogP contribution in [0.15, 0.2) is 37.2 Å². The molecule has 1 N–H and O–H groups in total. The van der Waals surface area contributed by atoms with E-state index in [0.29, 0.717) is 38.9 Å². The van der Waals surface area contributed by atoms with Gasteiger partial charge in [-0.15, -0.1) is 0 Å². The summed E-state index contributed by atoms with van der Waals surface area (Å²) in [5.41, 5.74) is 0.172. The highest BCUT2D eigenvalue weighted by Crippen LogP contribution is 2.05. The van der Waals surface area contributed by atoms with Gasteiger partial charge in [-0.3, -0.25) is 0 Å². The van der Waals surface area contributed by atoms with Crippen molar-refractivity contribution in [2.75, 3.05) is 68.1 Å². The number of carboxylic acids is 1. The quantitative estimate of drug-likeness (QED) is 0.198. The first-order valence-corrected chi connectivity index (χ1v) is 12.5. The number of aromatic nitrogens is 6. The molecule has 3 heterocycles. The topological polar surface area (TPSA) is 213 Å². The second-order valence-corrected chi connectivity index (χ2v) is 7.70. The molecule has 3 aromatic rings. The van der Waals surface area contributed by atoms with Crippen LogP contribution in [0.25, 0.3) is 0 Å². The molecule has 0 saturated carbocycles. The van der Waals surface area contributed by atoms with Crippen molar-refractivity contribution >= 4 is 29.5 Å². The molecule has 17 nitrogen and oxygen atoms in total. The summed E-state index contributed by atoms with van der Waals surface area (Å²) >= 11 is 5.43. The molecule has 0 amide bonds. The van der Waals surface area contributed by atoms with Crippen LogP contribution < -0.4 is 9.47 Å². The Hall–Kier alpha value is -4.58. The summed E-state index contributed by atoms with van der Waals surface area (Å²) in [5.74, 6) is -1.55. The molecule has 0 aliphatic heterocycles. The number of carbonyl (C=O) groups excluding carboxylic acids is 2. The van der Waals surface area contributed by atoms with Crippen LogP contribution in [0.2, 0.25) is 5.15 Å². The summed E-state index contributed by atoms with van der Waals surface area (Å²) < 4.78 is 33.9. The zero-order valence-electron chi connectivity index (χ0n) is 23.8. The molecule has 0 unspecified atom stereocenters. The monoisotopic (exact) mass is 626 g/mol. The first kappa shape index (κ1) is 36.4. The Morgan fingerprint density at radius 3 is 1.49 bits per heavy atom. The number of halogens is 1. The molecule has 0 fully saturated rings. The van der Waals surface area contributed by atoms with Crippen molar-refractivity contribution < 1.29 is 52.6 Å². The fourth-order valence-electron chi connectivity index (χ4n) is 2.27. The predicted molar refractivity (Wildman–Crippen MR) is 146 cm³/mol. The summed E-state index contributed by atoms with van der Waals surface area (Å²) in [6.45, 7) is 2.17. The maximum absolute atomic E-state index is 11.5. The molecule has 0 aliphatic carbocycles. The van der Waals surface area contributed by atoms with Crippen LogP contribution >= 0.6 is 11.6 Å². The molecule has 0 atom stereocenters. The number of hydrogen-bond donors (Lipinski definition) is 1. The minimum atomic E-state index is -1.11. The number of hydrogen-bond acceptors (Lipinski definition) is 16. The van der Waals surface area contributed by atoms with E-state index in [4.69, 9.17) is 45.1 Å². The molecular weight excluding hydrogens is 596 g/mol. The minimum Gasteiger partial charge on any atom is -0.476 e. The summed E-state index contributed by atoms with van der Waals surface area (Å²) in [7, 11) is 5.94. The van der Waals surface area contributed by atoms with E-state index in [-0.39, 0.29) is 34.7 Å². The van der Waals surface area contributed by atoms with Crippen molar-refractivity contribution in [1.82, 2.24) is 29.9 Å². The van der Waals surface area contributed by atoms with Gasteiger partial charge in [0.1, 0.15) is 25.0 Å². The predicted octanol–water partition coefficient (Wildman–Crippen LogP) is 1.42. The number of rotatable bonds is 14. The number of carboxylic acid groups (broad SMARTS) is 1. The molecule has 0 spiro atoms. The van der Waals surface area contributed by atoms with Gasteiger partial charge in [0.15, 0.2) is 17.1 Å². The second kappa shape index (κ2) is 22.1. The molecule has 0 radical (unpaired) electrons. The SMILES string of the molecule is COC(=O)c1cnc(Cl)cn1.COCCOC(=O)c1cnc(OCCOC)cn1.COCCOc1cnc(C(=O)O)cn1. The van der Waals surface area contributed by atoms with E-state index in [9.17, 15) is 14.4 Å². The Morgan fingerprint density at radius 2 is 1.07 bits per heavy atom. The van der Waals surface area contributed by atoms with Gasteiger partial charge in [0.25, 0.3) is 0 Å². The third kappa shape index (κ3) is 15.9. The number of aromatic carboxylic acids is 1. The Morgan fingerprint density at radius 1 is 0.605 bits per heavy atom. The maximum Gasteiger partial charge on any atom is 0.358 e. The Bertz CT molecular complexity index is 1220. The van der Waals surface area contributed by atoms with E-state index < -0.39 is 17.9 Å². The molecule has 3 aromatic heterocycles. The molecule has 0 aromatic carbocycles. The van der Waals surface area contributed by atoms with Gasteiger partial charge in [-0.25, -0.2) is 44.3 Å². The van der Waals surface area contributed by atoms with Gasteiger partial charge >= 0.3 is 17.9 Å². The highest BCUT2D eigenvalue weighted by molar-refractivity contribution is 6.29. The molecule has 0 bridgehead atoms. The zero-order chi connectivity index (χ0) is 31.9. The Balaban J connectivity index is 0.000000332. The summed E-state index contributed by atoms with van der Waals surface area (Å²) in [5, 5.41) is 8.77. The van der Waals surface area contributed by atoms with Crippen molar-refractivity contribution in [3.8, 4) is 11.8 Å². The lowest BCUT2D eigenvalue weighted by Crippen LogP contribution is -2.12. The molecule has 3 rings (SSSR count). The highest BCUT2D eigenvalue weighted by Gasteiger charge is 2.10. The standard InChI is InChI=1S/C11H16N2O5.C8H10N2O4.C6H5ClN2O2/c1-15-3-5-17-10-8-12-9(7-13-10)11(14)18-6-4-16-2;1-13-2-3-14-7-5-9-6(4-10-7)8(11)12;1-11-6(10)4-2-9-5(7)3-8-4/h7-8H,3-6H2,1-2H3;4-5H,2-3H2,1H3,(H,11,12);2-3H,1H3. The smallest absolute Gasteiger partial charge is 0.358 e. The molecule has 0 aliphatic rings. The minimum absolute atomic E-state index is 0.107. The van der Waals surface area contributed by atoms with Crippen LogP contribution in [-0.2, 0) is 23.7 Å². The van der Waals surface area contributed by atoms with E-state index in [2.05, 4.69) is 34.6 Å². The molecule has 0 saturated heterocycles. The van der Waals surface area contributed by atoms with Crippen LogP contribution in [0, 0.1) is 0 Å². The van der Waals surface area contributed by atoms with Gasteiger partial charge in [0.2, 0.25) is 11.8 Å². The van der Waals surface area contributed by atoms with Crippen LogP contribution in [0.3, 0.4) is 0 Å². The fourth-order valence-corrected chi connectivity index (χ4v) is 2.37. The summed E-state index contributed by atoms with van der Waals surface area (Å²) in [6, 6.07) is 0. The van der Waals surface area contributed by atoms with Gasteiger partial charge in [0, 0.05) is 21.3 Å². The first-order valence-electron chi connectivity index (χ1n) is 12.1. The van der Waals surface area contributed by atoms with Crippen molar-refractivity contribution in [3.05, 3.63) is 59.4 Å². The van der Waals surface area contributed by atoms with Gasteiger partial charge < -0.3 is 38.3 Å². The normalized spacial score (nSPS) is 9.79. The van der Waals surface area contributed by atoms with E-state index in [1.165, 1.54) is 45.2 Å². The fraction of sp³-hybridized carbons (Fsp3) is 0.400. The maximum atomic E-state index is 11.5. The molecular formula is C25H31ClN6O11. The number of esters is 2. The lowest BCUT2D eigenvalue weighted by molar-refractivity contribution is 0.0380. The van der Waals surface area contributed by atoms with Crippen molar-refractivity contribution in [3.63, 3.8) is 0 Å². The van der Waals surface area contributed by atoms with Gasteiger partial charge in [-0.2, -0.15) is 0 Å². The van der Waals surface area contributed by atoms with Crippen molar-refractivity contribution in [2.24, 2.45) is 0 Å². The highest BCUT2D eigenvalue weighted by atomic mass is 35.5. The summed E-state index contributed by atoms with van der Waals surface area (Å²) in [4.78, 5) is 55.1. The molecule has 43 heavy (non-hydrogen) atoms. The van der Waals surface area contributed by atoms with Gasteiger partial charge in [-0.1, -0.05) is 11.6 Å². The third-order valence-corrected chi connectivity index (χ3v) is 4.49. The first-order chi connectivity index (χ1) is 20.7. The van der Waals surface area contributed by atoms with Crippen molar-refractivity contribution in [1.29, 1.82) is 0 Å². The van der Waals surface area contributed by atoms with Crippen LogP contribution in [0.4, 0.5) is 0 Å². The largest absolute Gasteiger partial charge is 0.476 e. The van der Waals surface area contributed by atoms with E-state index in [0.717, 1.165) is 6.20 Å². The summed E-state index contributed by atoms with van der Waals surface area (Å²) in [6.07, 6.45) is 7.62. The Labute approximate surface area is 251 Å².